The van der Waals surface area contributed by atoms with Gasteiger partial charge in [0.2, 0.25) is 0 Å². The number of nitrogens with two attached hydrogens (primary N) is 1. The lowest BCUT2D eigenvalue weighted by molar-refractivity contribution is 0.301. The number of ether oxygens (including phenoxy) is 1. The van der Waals surface area contributed by atoms with Crippen molar-refractivity contribution in [1.29, 1.82) is 0 Å². The number of nitrogens with zero attached hydrogens (tertiary/aromatic N) is 1. The summed E-state index contributed by atoms with van der Waals surface area (Å²) >= 11 is 8.62. The first kappa shape index (κ1) is 14.0. The van der Waals surface area contributed by atoms with E-state index in [1.54, 1.807) is 17.5 Å². The van der Waals surface area contributed by atoms with E-state index in [2.05, 4.69) is 36.8 Å². The van der Waals surface area contributed by atoms with Crippen LogP contribution in [0.4, 0.5) is 0 Å². The molecular formula is C12H12Br2N2OS. The molecule has 3 nitrogen and oxygen atoms in total. The average Bonchev–Trinajstić information content (AvgIpc) is 2.81. The van der Waals surface area contributed by atoms with E-state index in [9.17, 15) is 0 Å². The Bertz CT molecular complexity index is 494. The fourth-order valence-corrected chi connectivity index (χ4v) is 3.56. The predicted octanol–water partition coefficient (Wildman–Crippen LogP) is 3.75. The highest BCUT2D eigenvalue weighted by molar-refractivity contribution is 9.11. The number of hydrogen-bond acceptors (Lipinski definition) is 4. The Morgan fingerprint density at radius 1 is 1.28 bits per heavy atom. The third-order valence-electron chi connectivity index (χ3n) is 2.31. The standard InChI is InChI=1S/C12H12Br2N2OS/c13-9-5-8(1-2-15)6-10(14)12(9)17-7-11-16-3-4-18-11/h3-6H,1-2,7,15H2. The van der Waals surface area contributed by atoms with E-state index >= 15 is 0 Å². The monoisotopic (exact) mass is 390 g/mol. The molecule has 0 amide bonds. The minimum absolute atomic E-state index is 0.477. The van der Waals surface area contributed by atoms with Gasteiger partial charge >= 0.3 is 0 Å². The Morgan fingerprint density at radius 3 is 2.56 bits per heavy atom. The van der Waals surface area contributed by atoms with Crippen LogP contribution in [0.5, 0.6) is 5.75 Å². The number of rotatable bonds is 5. The molecule has 0 atom stereocenters. The van der Waals surface area contributed by atoms with E-state index in [-0.39, 0.29) is 0 Å². The number of aromatic nitrogens is 1. The van der Waals surface area contributed by atoms with Crippen molar-refractivity contribution >= 4 is 43.2 Å². The maximum absolute atomic E-state index is 5.77. The van der Waals surface area contributed by atoms with Gasteiger partial charge < -0.3 is 10.5 Å². The minimum atomic E-state index is 0.477. The molecule has 0 aliphatic rings. The van der Waals surface area contributed by atoms with Gasteiger partial charge in [-0.05, 0) is 62.5 Å². The van der Waals surface area contributed by atoms with Crippen LogP contribution >= 0.6 is 43.2 Å². The summed E-state index contributed by atoms with van der Waals surface area (Å²) in [5.74, 6) is 0.797. The zero-order chi connectivity index (χ0) is 13.0. The summed E-state index contributed by atoms with van der Waals surface area (Å²) in [7, 11) is 0. The van der Waals surface area contributed by atoms with Crippen molar-refractivity contribution in [3.63, 3.8) is 0 Å². The molecule has 0 fully saturated rings. The molecule has 0 unspecified atom stereocenters. The summed E-state index contributed by atoms with van der Waals surface area (Å²) in [5, 5.41) is 2.90. The molecule has 1 heterocycles. The van der Waals surface area contributed by atoms with E-state index < -0.39 is 0 Å². The fourth-order valence-electron chi connectivity index (χ4n) is 1.52. The molecule has 0 saturated heterocycles. The van der Waals surface area contributed by atoms with E-state index in [1.807, 2.05) is 17.5 Å². The molecule has 0 radical (unpaired) electrons. The van der Waals surface area contributed by atoms with Crippen LogP contribution in [0.3, 0.4) is 0 Å². The smallest absolute Gasteiger partial charge is 0.148 e. The van der Waals surface area contributed by atoms with E-state index in [0.717, 1.165) is 26.1 Å². The second kappa shape index (κ2) is 6.65. The van der Waals surface area contributed by atoms with Gasteiger partial charge in [-0.1, -0.05) is 0 Å². The number of thiazole rings is 1. The van der Waals surface area contributed by atoms with Crippen LogP contribution in [0.2, 0.25) is 0 Å². The maximum Gasteiger partial charge on any atom is 0.148 e. The van der Waals surface area contributed by atoms with Gasteiger partial charge in [-0.15, -0.1) is 11.3 Å². The first-order valence-electron chi connectivity index (χ1n) is 5.40. The third kappa shape index (κ3) is 3.54. The highest BCUT2D eigenvalue weighted by atomic mass is 79.9. The quantitative estimate of drug-likeness (QED) is 0.844. The van der Waals surface area contributed by atoms with Crippen molar-refractivity contribution in [2.24, 2.45) is 5.73 Å². The number of benzene rings is 1. The van der Waals surface area contributed by atoms with Crippen molar-refractivity contribution in [1.82, 2.24) is 4.98 Å². The topological polar surface area (TPSA) is 48.1 Å². The molecule has 18 heavy (non-hydrogen) atoms. The maximum atomic E-state index is 5.77. The van der Waals surface area contributed by atoms with Gasteiger partial charge in [0.05, 0.1) is 8.95 Å². The summed E-state index contributed by atoms with van der Waals surface area (Å²) in [6.07, 6.45) is 2.63. The molecule has 0 bridgehead atoms. The Labute approximate surface area is 127 Å². The normalized spacial score (nSPS) is 10.6. The van der Waals surface area contributed by atoms with Crippen LogP contribution in [0.1, 0.15) is 10.6 Å². The summed E-state index contributed by atoms with van der Waals surface area (Å²) in [6.45, 7) is 1.11. The van der Waals surface area contributed by atoms with E-state index in [1.165, 1.54) is 5.56 Å². The lowest BCUT2D eigenvalue weighted by Gasteiger charge is -2.11. The van der Waals surface area contributed by atoms with Crippen LogP contribution in [0, 0.1) is 0 Å². The molecule has 96 valence electrons. The van der Waals surface area contributed by atoms with Crippen molar-refractivity contribution in [3.8, 4) is 5.75 Å². The molecule has 1 aromatic heterocycles. The summed E-state index contributed by atoms with van der Waals surface area (Å²) in [6, 6.07) is 4.07. The molecule has 1 aromatic carbocycles. The van der Waals surface area contributed by atoms with Crippen molar-refractivity contribution in [3.05, 3.63) is 43.2 Å². The van der Waals surface area contributed by atoms with Crippen LogP contribution in [0.25, 0.3) is 0 Å². The van der Waals surface area contributed by atoms with Gasteiger partial charge in [-0.3, -0.25) is 0 Å². The average molecular weight is 392 g/mol. The van der Waals surface area contributed by atoms with E-state index in [4.69, 9.17) is 10.5 Å². The van der Waals surface area contributed by atoms with Crippen molar-refractivity contribution < 1.29 is 4.74 Å². The van der Waals surface area contributed by atoms with Crippen LogP contribution < -0.4 is 10.5 Å². The lowest BCUT2D eigenvalue weighted by atomic mass is 10.1. The Balaban J connectivity index is 2.12. The zero-order valence-corrected chi connectivity index (χ0v) is 13.5. The highest BCUT2D eigenvalue weighted by Gasteiger charge is 2.09. The third-order valence-corrected chi connectivity index (χ3v) is 4.25. The van der Waals surface area contributed by atoms with Crippen LogP contribution in [-0.2, 0) is 13.0 Å². The van der Waals surface area contributed by atoms with Gasteiger partial charge in [0.1, 0.15) is 17.4 Å². The second-order valence-electron chi connectivity index (χ2n) is 3.64. The Morgan fingerprint density at radius 2 is 2.00 bits per heavy atom. The SMILES string of the molecule is NCCc1cc(Br)c(OCc2nccs2)c(Br)c1. The molecule has 2 aromatic rings. The van der Waals surface area contributed by atoms with Crippen molar-refractivity contribution in [2.75, 3.05) is 6.54 Å². The molecule has 0 saturated carbocycles. The van der Waals surface area contributed by atoms with Gasteiger partial charge in [0.25, 0.3) is 0 Å². The first-order chi connectivity index (χ1) is 8.70. The Hall–Kier alpha value is -0.430. The molecule has 2 rings (SSSR count). The molecule has 0 aliphatic heterocycles. The molecule has 2 N–H and O–H groups in total. The van der Waals surface area contributed by atoms with Crippen molar-refractivity contribution in [2.45, 2.75) is 13.0 Å². The Kier molecular flexibility index (Phi) is 5.17. The van der Waals surface area contributed by atoms with Crippen LogP contribution in [-0.4, -0.2) is 11.5 Å². The second-order valence-corrected chi connectivity index (χ2v) is 6.33. The number of hydrogen-bond donors (Lipinski definition) is 1. The van der Waals surface area contributed by atoms with E-state index in [0.29, 0.717) is 13.2 Å². The lowest BCUT2D eigenvalue weighted by Crippen LogP contribution is -2.03. The summed E-state index contributed by atoms with van der Waals surface area (Å²) in [5.41, 5.74) is 6.73. The minimum Gasteiger partial charge on any atom is -0.484 e. The number of halogens is 2. The molecule has 0 aliphatic carbocycles. The molecular weight excluding hydrogens is 380 g/mol. The first-order valence-corrected chi connectivity index (χ1v) is 7.86. The molecule has 6 heteroatoms. The fraction of sp³-hybridized carbons (Fsp3) is 0.250. The summed E-state index contributed by atoms with van der Waals surface area (Å²) in [4.78, 5) is 4.18. The van der Waals surface area contributed by atoms with Gasteiger partial charge in [-0.2, -0.15) is 0 Å². The van der Waals surface area contributed by atoms with Gasteiger partial charge in [0.15, 0.2) is 0 Å². The van der Waals surface area contributed by atoms with Gasteiger partial charge in [0, 0.05) is 11.6 Å². The summed E-state index contributed by atoms with van der Waals surface area (Å²) < 4.78 is 7.62. The zero-order valence-electron chi connectivity index (χ0n) is 9.53. The largest absolute Gasteiger partial charge is 0.484 e. The van der Waals surface area contributed by atoms with Crippen LogP contribution in [0.15, 0.2) is 32.7 Å². The van der Waals surface area contributed by atoms with Gasteiger partial charge in [-0.25, -0.2) is 4.98 Å². The predicted molar refractivity (Wildman–Crippen MR) is 81.0 cm³/mol. The molecule has 0 spiro atoms. The highest BCUT2D eigenvalue weighted by Crippen LogP contribution is 2.35.